The highest BCUT2D eigenvalue weighted by Crippen LogP contribution is 2.30. The molecule has 0 saturated carbocycles. The van der Waals surface area contributed by atoms with Crippen LogP contribution in [0.2, 0.25) is 0 Å². The second-order valence-corrected chi connectivity index (χ2v) is 8.30. The lowest BCUT2D eigenvalue weighted by molar-refractivity contribution is -0.141. The van der Waals surface area contributed by atoms with Gasteiger partial charge in [-0.05, 0) is 30.7 Å². The Morgan fingerprint density at radius 2 is 2.00 bits per heavy atom. The Hall–Kier alpha value is -3.54. The molecule has 12 heteroatoms. The number of alkyl halides is 3. The van der Waals surface area contributed by atoms with Gasteiger partial charge in [0, 0.05) is 32.0 Å². The van der Waals surface area contributed by atoms with Gasteiger partial charge in [-0.1, -0.05) is 23.5 Å². The number of hydrogen-bond donors (Lipinski definition) is 1. The highest BCUT2D eigenvalue weighted by Gasteiger charge is 2.34. The molecule has 0 atom stereocenters. The van der Waals surface area contributed by atoms with Crippen LogP contribution in [-0.4, -0.2) is 44.9 Å². The van der Waals surface area contributed by atoms with Crippen molar-refractivity contribution in [2.24, 2.45) is 0 Å². The maximum absolute atomic E-state index is 12.8. The van der Waals surface area contributed by atoms with Crippen molar-refractivity contribution in [3.05, 3.63) is 70.2 Å². The number of nitrogens with zero attached hydrogens (tertiary/aromatic N) is 5. The van der Waals surface area contributed by atoms with Crippen LogP contribution in [0.3, 0.4) is 0 Å². The third kappa shape index (κ3) is 5.11. The van der Waals surface area contributed by atoms with Gasteiger partial charge in [-0.25, -0.2) is 9.78 Å². The highest BCUT2D eigenvalue weighted by atomic mass is 32.1. The maximum Gasteiger partial charge on any atom is 0.433 e. The summed E-state index contributed by atoms with van der Waals surface area (Å²) in [5, 5.41) is 3.19. The van der Waals surface area contributed by atoms with E-state index in [2.05, 4.69) is 20.3 Å². The Labute approximate surface area is 191 Å². The van der Waals surface area contributed by atoms with Crippen LogP contribution < -0.4 is 10.2 Å². The topological polar surface area (TPSA) is 91.3 Å². The normalized spacial score (nSPS) is 14.1. The molecule has 4 heterocycles. The third-order valence-electron chi connectivity index (χ3n) is 4.96. The Balaban J connectivity index is 1.40. The van der Waals surface area contributed by atoms with E-state index < -0.39 is 11.9 Å². The maximum atomic E-state index is 12.8. The van der Waals surface area contributed by atoms with Gasteiger partial charge in [0.1, 0.15) is 10.6 Å². The zero-order valence-electron chi connectivity index (χ0n) is 17.5. The van der Waals surface area contributed by atoms with Crippen molar-refractivity contribution in [3.63, 3.8) is 0 Å². The fourth-order valence-corrected chi connectivity index (χ4v) is 4.28. The molecular weight excluding hydrogens is 457 g/mol. The van der Waals surface area contributed by atoms with Crippen molar-refractivity contribution < 1.29 is 22.8 Å². The minimum absolute atomic E-state index is 0.127. The second-order valence-electron chi connectivity index (χ2n) is 7.32. The number of halogens is 3. The van der Waals surface area contributed by atoms with Crippen LogP contribution in [0, 0.1) is 6.92 Å². The summed E-state index contributed by atoms with van der Waals surface area (Å²) in [4.78, 5) is 40.8. The van der Waals surface area contributed by atoms with Crippen LogP contribution in [0.15, 0.2) is 42.7 Å². The first kappa shape index (κ1) is 22.6. The largest absolute Gasteiger partial charge is 0.433 e. The summed E-state index contributed by atoms with van der Waals surface area (Å²) in [6.45, 7) is 2.82. The number of amides is 3. The molecule has 1 aliphatic heterocycles. The summed E-state index contributed by atoms with van der Waals surface area (Å²) >= 11 is 1.11. The van der Waals surface area contributed by atoms with Crippen molar-refractivity contribution in [1.29, 1.82) is 0 Å². The Morgan fingerprint density at radius 1 is 1.18 bits per heavy atom. The monoisotopic (exact) mass is 476 g/mol. The van der Waals surface area contributed by atoms with Crippen LogP contribution in [0.1, 0.15) is 32.3 Å². The molecule has 1 N–H and O–H groups in total. The van der Waals surface area contributed by atoms with Gasteiger partial charge in [-0.3, -0.25) is 19.7 Å². The minimum Gasteiger partial charge on any atom is -0.346 e. The van der Waals surface area contributed by atoms with Crippen LogP contribution in [0.5, 0.6) is 0 Å². The summed E-state index contributed by atoms with van der Waals surface area (Å²) < 4.78 is 38.0. The number of rotatable bonds is 6. The van der Waals surface area contributed by atoms with Crippen LogP contribution in [-0.2, 0) is 19.3 Å². The first-order valence-electron chi connectivity index (χ1n) is 9.96. The van der Waals surface area contributed by atoms with Gasteiger partial charge in [0.15, 0.2) is 5.13 Å². The van der Waals surface area contributed by atoms with Gasteiger partial charge >= 0.3 is 12.2 Å². The van der Waals surface area contributed by atoms with Crippen molar-refractivity contribution in [2.45, 2.75) is 26.2 Å². The summed E-state index contributed by atoms with van der Waals surface area (Å²) in [7, 11) is 0. The van der Waals surface area contributed by atoms with E-state index in [1.165, 1.54) is 15.9 Å². The molecule has 1 aliphatic rings. The van der Waals surface area contributed by atoms with E-state index in [0.29, 0.717) is 34.4 Å². The Bertz CT molecular complexity index is 1150. The van der Waals surface area contributed by atoms with Crippen molar-refractivity contribution in [1.82, 2.24) is 25.2 Å². The van der Waals surface area contributed by atoms with Crippen LogP contribution >= 0.6 is 11.3 Å². The Kier molecular flexibility index (Phi) is 6.27. The molecule has 33 heavy (non-hydrogen) atoms. The molecular formula is C21H19F3N6O2S. The van der Waals surface area contributed by atoms with Crippen LogP contribution in [0.25, 0.3) is 0 Å². The first-order valence-corrected chi connectivity index (χ1v) is 10.8. The molecule has 172 valence electrons. The Morgan fingerprint density at radius 3 is 2.67 bits per heavy atom. The molecule has 0 bridgehead atoms. The van der Waals surface area contributed by atoms with E-state index in [9.17, 15) is 22.8 Å². The average molecular weight is 476 g/mol. The van der Waals surface area contributed by atoms with E-state index in [4.69, 9.17) is 0 Å². The number of anilines is 1. The van der Waals surface area contributed by atoms with Gasteiger partial charge in [0.25, 0.3) is 5.91 Å². The average Bonchev–Trinajstić information content (AvgIpc) is 3.35. The van der Waals surface area contributed by atoms with E-state index >= 15 is 0 Å². The molecule has 8 nitrogen and oxygen atoms in total. The van der Waals surface area contributed by atoms with E-state index in [0.717, 1.165) is 29.3 Å². The van der Waals surface area contributed by atoms with E-state index in [-0.39, 0.29) is 25.0 Å². The molecule has 0 radical (unpaired) electrons. The molecule has 3 aromatic heterocycles. The molecule has 1 fully saturated rings. The van der Waals surface area contributed by atoms with Gasteiger partial charge in [0.2, 0.25) is 0 Å². The molecule has 0 unspecified atom stereocenters. The zero-order chi connectivity index (χ0) is 23.6. The van der Waals surface area contributed by atoms with E-state index in [1.54, 1.807) is 25.3 Å². The molecule has 1 saturated heterocycles. The lowest BCUT2D eigenvalue weighted by Gasteiger charge is -2.17. The third-order valence-corrected chi connectivity index (χ3v) is 6.14. The molecule has 3 aromatic rings. The number of carbonyl (C=O) groups excluding carboxylic acids is 2. The molecule has 4 rings (SSSR count). The summed E-state index contributed by atoms with van der Waals surface area (Å²) in [5.41, 5.74) is 0.735. The predicted molar refractivity (Wildman–Crippen MR) is 115 cm³/mol. The van der Waals surface area contributed by atoms with Gasteiger partial charge in [-0.15, -0.1) is 0 Å². The molecule has 0 aliphatic carbocycles. The fourth-order valence-electron chi connectivity index (χ4n) is 3.28. The summed E-state index contributed by atoms with van der Waals surface area (Å²) in [6.07, 6.45) is -1.75. The number of thiazole rings is 1. The van der Waals surface area contributed by atoms with Crippen LogP contribution in [0.4, 0.5) is 23.1 Å². The fraction of sp³-hybridized carbons (Fsp3) is 0.286. The summed E-state index contributed by atoms with van der Waals surface area (Å²) in [6, 6.07) is 7.29. The smallest absolute Gasteiger partial charge is 0.346 e. The lowest BCUT2D eigenvalue weighted by atomic mass is 10.2. The van der Waals surface area contributed by atoms with Crippen molar-refractivity contribution in [2.75, 3.05) is 18.0 Å². The predicted octanol–water partition coefficient (Wildman–Crippen LogP) is 3.63. The number of carbonyl (C=O) groups is 2. The zero-order valence-corrected chi connectivity index (χ0v) is 18.3. The number of nitrogens with one attached hydrogen (secondary N) is 1. The SMILES string of the molecule is Cc1nc(N2CCN(Cc3ccc(C(F)(F)F)nc3)C2=O)sc1C(=O)NCc1ccccn1. The molecule has 3 amide bonds. The quantitative estimate of drug-likeness (QED) is 0.587. The first-order chi connectivity index (χ1) is 15.7. The lowest BCUT2D eigenvalue weighted by Crippen LogP contribution is -2.31. The number of urea groups is 1. The number of pyridine rings is 2. The number of aryl methyl sites for hydroxylation is 1. The number of hydrogen-bond acceptors (Lipinski definition) is 6. The van der Waals surface area contributed by atoms with Crippen molar-refractivity contribution in [3.8, 4) is 0 Å². The molecule has 0 spiro atoms. The summed E-state index contributed by atoms with van der Waals surface area (Å²) in [5.74, 6) is -0.304. The highest BCUT2D eigenvalue weighted by molar-refractivity contribution is 7.17. The van der Waals surface area contributed by atoms with Gasteiger partial charge in [-0.2, -0.15) is 13.2 Å². The molecule has 0 aromatic carbocycles. The number of aromatic nitrogens is 3. The van der Waals surface area contributed by atoms with Gasteiger partial charge < -0.3 is 10.2 Å². The minimum atomic E-state index is -4.51. The van der Waals surface area contributed by atoms with E-state index in [1.807, 2.05) is 6.07 Å². The second kappa shape index (κ2) is 9.14. The van der Waals surface area contributed by atoms with Crippen molar-refractivity contribution >= 4 is 28.4 Å². The standard InChI is InChI=1S/C21H19F3N6O2S/c1-13-17(18(31)27-11-15-4-2-3-7-25-15)33-19(28-13)30-9-8-29(20(30)32)12-14-5-6-16(26-10-14)21(22,23)24/h2-7,10H,8-9,11-12H2,1H3,(H,27,31). The van der Waals surface area contributed by atoms with Gasteiger partial charge in [0.05, 0.1) is 17.9 Å².